The Hall–Kier alpha value is -1.07. The van der Waals surface area contributed by atoms with Crippen LogP contribution in [-0.4, -0.2) is 32.9 Å². The van der Waals surface area contributed by atoms with Gasteiger partial charge in [-0.05, 0) is 25.8 Å². The summed E-state index contributed by atoms with van der Waals surface area (Å²) in [6, 6.07) is 0. The fourth-order valence-electron chi connectivity index (χ4n) is 2.07. The van der Waals surface area contributed by atoms with E-state index in [1.54, 1.807) is 17.1 Å². The molecule has 1 aromatic rings. The van der Waals surface area contributed by atoms with Crippen molar-refractivity contribution in [3.63, 3.8) is 0 Å². The minimum Gasteiger partial charge on any atom is -0.480 e. The molecule has 0 spiro atoms. The Bertz CT molecular complexity index is 394. The Morgan fingerprint density at radius 1 is 1.61 bits per heavy atom. The maximum Gasteiger partial charge on any atom is 0.323 e. The van der Waals surface area contributed by atoms with Gasteiger partial charge in [0.2, 0.25) is 0 Å². The molecule has 0 bridgehead atoms. The van der Waals surface area contributed by atoms with Crippen LogP contribution in [0.2, 0.25) is 5.02 Å². The first-order valence-electron chi connectivity index (χ1n) is 6.20. The summed E-state index contributed by atoms with van der Waals surface area (Å²) < 4.78 is 1.73. The van der Waals surface area contributed by atoms with Crippen molar-refractivity contribution in [3.05, 3.63) is 17.4 Å². The van der Waals surface area contributed by atoms with Gasteiger partial charge in [0.15, 0.2) is 0 Å². The molecule has 0 aliphatic carbocycles. The van der Waals surface area contributed by atoms with Crippen LogP contribution < -0.4 is 5.32 Å². The first-order valence-corrected chi connectivity index (χ1v) is 6.58. The largest absolute Gasteiger partial charge is 0.480 e. The Morgan fingerprint density at radius 3 is 2.78 bits per heavy atom. The summed E-state index contributed by atoms with van der Waals surface area (Å²) in [5, 5.41) is 17.1. The van der Waals surface area contributed by atoms with Gasteiger partial charge in [-0.3, -0.25) is 9.48 Å². The van der Waals surface area contributed by atoms with E-state index in [0.29, 0.717) is 31.0 Å². The van der Waals surface area contributed by atoms with Crippen LogP contribution >= 0.6 is 11.6 Å². The summed E-state index contributed by atoms with van der Waals surface area (Å²) in [6.45, 7) is 5.13. The van der Waals surface area contributed by atoms with Crippen molar-refractivity contribution in [2.24, 2.45) is 0 Å². The number of carbonyl (C=O) groups is 1. The van der Waals surface area contributed by atoms with E-state index in [2.05, 4.69) is 10.4 Å². The molecule has 0 aliphatic rings. The number of nitrogens with one attached hydrogen (secondary N) is 1. The second kappa shape index (κ2) is 6.75. The number of carboxylic acid groups (broad SMARTS) is 1. The number of likely N-dealkylation sites (N-methyl/N-ethyl adjacent to an activating group) is 1. The quantitative estimate of drug-likeness (QED) is 0.762. The Kier molecular flexibility index (Phi) is 5.62. The number of carboxylic acids is 1. The molecule has 1 heterocycles. The maximum atomic E-state index is 11.4. The molecule has 0 saturated heterocycles. The molecule has 18 heavy (non-hydrogen) atoms. The summed E-state index contributed by atoms with van der Waals surface area (Å²) in [5.41, 5.74) is -0.828. The van der Waals surface area contributed by atoms with Crippen LogP contribution in [0.5, 0.6) is 0 Å². The monoisotopic (exact) mass is 273 g/mol. The molecule has 5 nitrogen and oxygen atoms in total. The van der Waals surface area contributed by atoms with Gasteiger partial charge in [-0.25, -0.2) is 0 Å². The minimum atomic E-state index is -0.828. The average Bonchev–Trinajstić information content (AvgIpc) is 2.73. The lowest BCUT2D eigenvalue weighted by molar-refractivity contribution is -0.145. The molecule has 102 valence electrons. The number of aromatic nitrogens is 2. The molecule has 0 amide bonds. The topological polar surface area (TPSA) is 67.2 Å². The van der Waals surface area contributed by atoms with Gasteiger partial charge in [0.05, 0.1) is 11.2 Å². The van der Waals surface area contributed by atoms with Crippen molar-refractivity contribution < 1.29 is 9.90 Å². The summed E-state index contributed by atoms with van der Waals surface area (Å²) in [7, 11) is 0. The van der Waals surface area contributed by atoms with Gasteiger partial charge >= 0.3 is 5.97 Å². The molecule has 1 rings (SSSR count). The van der Waals surface area contributed by atoms with Crippen molar-refractivity contribution in [2.45, 2.75) is 45.2 Å². The standard InChI is InChI=1S/C12H20ClN3O2/c1-3-12(11(17)18,14-4-2)6-5-7-16-9-10(13)8-15-16/h8-9,14H,3-7H2,1-2H3,(H,17,18). The molecule has 0 fully saturated rings. The number of aliphatic carboxylic acids is 1. The third-order valence-electron chi connectivity index (χ3n) is 3.12. The van der Waals surface area contributed by atoms with E-state index in [4.69, 9.17) is 11.6 Å². The van der Waals surface area contributed by atoms with Crippen LogP contribution in [0.4, 0.5) is 0 Å². The van der Waals surface area contributed by atoms with Crippen molar-refractivity contribution in [3.8, 4) is 0 Å². The minimum absolute atomic E-state index is 0.566. The Labute approximate surface area is 112 Å². The van der Waals surface area contributed by atoms with E-state index in [0.717, 1.165) is 6.42 Å². The summed E-state index contributed by atoms with van der Waals surface area (Å²) in [6.07, 6.45) is 5.20. The van der Waals surface area contributed by atoms with E-state index in [-0.39, 0.29) is 0 Å². The van der Waals surface area contributed by atoms with Crippen molar-refractivity contribution in [1.82, 2.24) is 15.1 Å². The van der Waals surface area contributed by atoms with E-state index in [1.165, 1.54) is 0 Å². The normalized spacial score (nSPS) is 14.4. The summed E-state index contributed by atoms with van der Waals surface area (Å²) in [5.74, 6) is -0.787. The van der Waals surface area contributed by atoms with Crippen LogP contribution in [0.25, 0.3) is 0 Å². The third-order valence-corrected chi connectivity index (χ3v) is 3.32. The van der Waals surface area contributed by atoms with E-state index in [9.17, 15) is 9.90 Å². The van der Waals surface area contributed by atoms with Gasteiger partial charge in [0, 0.05) is 12.7 Å². The SMILES string of the molecule is CCNC(CC)(CCCn1cc(Cl)cn1)C(=O)O. The van der Waals surface area contributed by atoms with E-state index in [1.807, 2.05) is 13.8 Å². The van der Waals surface area contributed by atoms with Gasteiger partial charge in [-0.2, -0.15) is 5.10 Å². The number of rotatable bonds is 8. The molecule has 1 unspecified atom stereocenters. The highest BCUT2D eigenvalue weighted by molar-refractivity contribution is 6.30. The Balaban J connectivity index is 2.54. The molecule has 1 atom stereocenters. The zero-order valence-corrected chi connectivity index (χ0v) is 11.6. The van der Waals surface area contributed by atoms with Crippen LogP contribution in [0.3, 0.4) is 0 Å². The zero-order chi connectivity index (χ0) is 13.6. The predicted molar refractivity (Wildman–Crippen MR) is 70.8 cm³/mol. The van der Waals surface area contributed by atoms with Gasteiger partial charge in [0.25, 0.3) is 0 Å². The molecule has 0 saturated carbocycles. The molecule has 0 aromatic carbocycles. The number of hydrogen-bond acceptors (Lipinski definition) is 3. The highest BCUT2D eigenvalue weighted by atomic mass is 35.5. The van der Waals surface area contributed by atoms with Gasteiger partial charge in [-0.15, -0.1) is 0 Å². The zero-order valence-electron chi connectivity index (χ0n) is 10.8. The first kappa shape index (κ1) is 15.0. The fourth-order valence-corrected chi connectivity index (χ4v) is 2.22. The number of halogens is 1. The predicted octanol–water partition coefficient (Wildman–Crippen LogP) is 2.16. The van der Waals surface area contributed by atoms with Gasteiger partial charge < -0.3 is 10.4 Å². The summed E-state index contributed by atoms with van der Waals surface area (Å²) in [4.78, 5) is 11.4. The first-order chi connectivity index (χ1) is 8.54. The third kappa shape index (κ3) is 3.71. The van der Waals surface area contributed by atoms with Crippen LogP contribution in [0, 0.1) is 0 Å². The van der Waals surface area contributed by atoms with E-state index < -0.39 is 11.5 Å². The molecule has 0 aliphatic heterocycles. The molecular weight excluding hydrogens is 254 g/mol. The van der Waals surface area contributed by atoms with Crippen LogP contribution in [0.15, 0.2) is 12.4 Å². The maximum absolute atomic E-state index is 11.4. The van der Waals surface area contributed by atoms with Crippen LogP contribution in [0.1, 0.15) is 33.1 Å². The fraction of sp³-hybridized carbons (Fsp3) is 0.667. The lowest BCUT2D eigenvalue weighted by atomic mass is 9.90. The number of aryl methyl sites for hydroxylation is 1. The average molecular weight is 274 g/mol. The molecular formula is C12H20ClN3O2. The highest BCUT2D eigenvalue weighted by Crippen LogP contribution is 2.19. The summed E-state index contributed by atoms with van der Waals surface area (Å²) >= 11 is 5.77. The Morgan fingerprint density at radius 2 is 2.33 bits per heavy atom. The number of hydrogen-bond donors (Lipinski definition) is 2. The van der Waals surface area contributed by atoms with Crippen molar-refractivity contribution >= 4 is 17.6 Å². The van der Waals surface area contributed by atoms with Crippen molar-refractivity contribution in [1.29, 1.82) is 0 Å². The second-order valence-electron chi connectivity index (χ2n) is 4.30. The van der Waals surface area contributed by atoms with Crippen molar-refractivity contribution in [2.75, 3.05) is 6.54 Å². The van der Waals surface area contributed by atoms with Gasteiger partial charge in [0.1, 0.15) is 5.54 Å². The van der Waals surface area contributed by atoms with E-state index >= 15 is 0 Å². The smallest absolute Gasteiger partial charge is 0.323 e. The highest BCUT2D eigenvalue weighted by Gasteiger charge is 2.34. The molecule has 0 radical (unpaired) electrons. The van der Waals surface area contributed by atoms with Crippen LogP contribution in [-0.2, 0) is 11.3 Å². The molecule has 6 heteroatoms. The molecule has 2 N–H and O–H groups in total. The molecule has 1 aromatic heterocycles. The second-order valence-corrected chi connectivity index (χ2v) is 4.73. The lowest BCUT2D eigenvalue weighted by Crippen LogP contribution is -2.51. The lowest BCUT2D eigenvalue weighted by Gasteiger charge is -2.29. The number of nitrogens with zero attached hydrogens (tertiary/aromatic N) is 2. The van der Waals surface area contributed by atoms with Gasteiger partial charge in [-0.1, -0.05) is 25.4 Å².